The van der Waals surface area contributed by atoms with Crippen LogP contribution in [0.3, 0.4) is 0 Å². The molecule has 3 atom stereocenters. The van der Waals surface area contributed by atoms with Crippen molar-refractivity contribution in [2.24, 2.45) is 0 Å². The molecule has 3 unspecified atom stereocenters. The van der Waals surface area contributed by atoms with Crippen molar-refractivity contribution in [1.29, 1.82) is 0 Å². The number of nitrogens with zero attached hydrogens (tertiary/aromatic N) is 1. The Hall–Kier alpha value is -0.650. The van der Waals surface area contributed by atoms with Crippen LogP contribution in [0, 0.1) is 0 Å². The maximum Gasteiger partial charge on any atom is 0.239 e. The predicted molar refractivity (Wildman–Crippen MR) is 70.2 cm³/mol. The number of piperidine rings is 1. The summed E-state index contributed by atoms with van der Waals surface area (Å²) in [6.07, 6.45) is 3.31. The van der Waals surface area contributed by atoms with Crippen LogP contribution in [0.25, 0.3) is 0 Å². The summed E-state index contributed by atoms with van der Waals surface area (Å²) >= 11 is 0. The summed E-state index contributed by atoms with van der Waals surface area (Å²) in [5.74, 6) is -0.211. The number of unbranched alkanes of at least 4 members (excludes halogenated alkanes) is 3. The zero-order valence-corrected chi connectivity index (χ0v) is 11.4. The van der Waals surface area contributed by atoms with Crippen molar-refractivity contribution in [2.45, 2.75) is 57.3 Å². The minimum Gasteiger partial charge on any atom is -0.390 e. The molecule has 1 heterocycles. The first kappa shape index (κ1) is 15.4. The van der Waals surface area contributed by atoms with Crippen LogP contribution < -0.4 is 5.32 Å². The second kappa shape index (κ2) is 7.71. The summed E-state index contributed by atoms with van der Waals surface area (Å²) in [6, 6.07) is -0.611. The van der Waals surface area contributed by atoms with Gasteiger partial charge >= 0.3 is 0 Å². The van der Waals surface area contributed by atoms with Gasteiger partial charge in [0.05, 0.1) is 6.10 Å². The fourth-order valence-electron chi connectivity index (χ4n) is 2.50. The van der Waals surface area contributed by atoms with Crippen LogP contribution in [0.5, 0.6) is 0 Å². The second-order valence-corrected chi connectivity index (χ2v) is 5.00. The van der Waals surface area contributed by atoms with Gasteiger partial charge in [-0.05, 0) is 19.4 Å². The number of aliphatic hydroxyl groups excluding tert-OH is 2. The third-order valence-electron chi connectivity index (χ3n) is 3.64. The van der Waals surface area contributed by atoms with Gasteiger partial charge < -0.3 is 15.5 Å². The lowest BCUT2D eigenvalue weighted by atomic mass is 9.95. The molecule has 0 aromatic heterocycles. The number of nitrogens with one attached hydrogen (secondary N) is 1. The molecule has 1 aliphatic heterocycles. The van der Waals surface area contributed by atoms with Gasteiger partial charge in [-0.2, -0.15) is 0 Å². The van der Waals surface area contributed by atoms with E-state index in [-0.39, 0.29) is 5.91 Å². The maximum atomic E-state index is 11.8. The maximum absolute atomic E-state index is 11.8. The van der Waals surface area contributed by atoms with Gasteiger partial charge in [0.15, 0.2) is 0 Å². The first-order chi connectivity index (χ1) is 8.61. The van der Waals surface area contributed by atoms with Gasteiger partial charge in [0.2, 0.25) is 5.91 Å². The second-order valence-electron chi connectivity index (χ2n) is 5.00. The first-order valence-electron chi connectivity index (χ1n) is 6.93. The molecule has 106 valence electrons. The molecule has 18 heavy (non-hydrogen) atoms. The van der Waals surface area contributed by atoms with Crippen LogP contribution in [0.4, 0.5) is 0 Å². The lowest BCUT2D eigenvalue weighted by molar-refractivity contribution is -0.140. The molecule has 0 radical (unpaired) electrons. The molecule has 5 nitrogen and oxygen atoms in total. The van der Waals surface area contributed by atoms with E-state index in [4.69, 9.17) is 0 Å². The van der Waals surface area contributed by atoms with Gasteiger partial charge in [-0.15, -0.1) is 0 Å². The molecule has 0 aromatic rings. The average Bonchev–Trinajstić information content (AvgIpc) is 2.38. The quantitative estimate of drug-likeness (QED) is 0.591. The van der Waals surface area contributed by atoms with Crippen LogP contribution in [-0.4, -0.2) is 59.4 Å². The van der Waals surface area contributed by atoms with Crippen molar-refractivity contribution in [3.05, 3.63) is 0 Å². The van der Waals surface area contributed by atoms with E-state index in [1.54, 1.807) is 7.05 Å². The summed E-state index contributed by atoms with van der Waals surface area (Å²) < 4.78 is 0. The Morgan fingerprint density at radius 2 is 2.06 bits per heavy atom. The zero-order chi connectivity index (χ0) is 13.5. The molecule has 0 aliphatic carbocycles. The van der Waals surface area contributed by atoms with Crippen molar-refractivity contribution >= 4 is 5.91 Å². The Morgan fingerprint density at radius 1 is 1.33 bits per heavy atom. The molecular formula is C13H26N2O3. The first-order valence-corrected chi connectivity index (χ1v) is 6.93. The molecule has 1 saturated heterocycles. The van der Waals surface area contributed by atoms with Gasteiger partial charge in [0.1, 0.15) is 12.1 Å². The topological polar surface area (TPSA) is 72.8 Å². The van der Waals surface area contributed by atoms with E-state index >= 15 is 0 Å². The van der Waals surface area contributed by atoms with E-state index in [0.717, 1.165) is 19.4 Å². The highest BCUT2D eigenvalue weighted by atomic mass is 16.3. The van der Waals surface area contributed by atoms with Crippen LogP contribution >= 0.6 is 0 Å². The molecule has 0 saturated carbocycles. The SMILES string of the molecule is CCCCCCN1CCC(O)C(O)C1C(=O)NC. The summed E-state index contributed by atoms with van der Waals surface area (Å²) in [6.45, 7) is 3.64. The number of likely N-dealkylation sites (tertiary alicyclic amines) is 1. The molecule has 1 rings (SSSR count). The molecule has 0 aromatic carbocycles. The lowest BCUT2D eigenvalue weighted by Gasteiger charge is -2.40. The van der Waals surface area contributed by atoms with Crippen molar-refractivity contribution < 1.29 is 15.0 Å². The Kier molecular flexibility index (Phi) is 6.60. The summed E-state index contributed by atoms with van der Waals surface area (Å²) in [5.41, 5.74) is 0. The standard InChI is InChI=1S/C13H26N2O3/c1-3-4-5-6-8-15-9-7-10(16)12(17)11(15)13(18)14-2/h10-12,16-17H,3-9H2,1-2H3,(H,14,18). The van der Waals surface area contributed by atoms with Gasteiger partial charge in [-0.1, -0.05) is 26.2 Å². The van der Waals surface area contributed by atoms with E-state index in [2.05, 4.69) is 12.2 Å². The Morgan fingerprint density at radius 3 is 2.67 bits per heavy atom. The zero-order valence-electron chi connectivity index (χ0n) is 11.4. The number of rotatable bonds is 6. The third kappa shape index (κ3) is 3.93. The molecule has 3 N–H and O–H groups in total. The molecule has 5 heteroatoms. The van der Waals surface area contributed by atoms with E-state index < -0.39 is 18.2 Å². The average molecular weight is 258 g/mol. The Bertz CT molecular complexity index is 261. The summed E-state index contributed by atoms with van der Waals surface area (Å²) in [4.78, 5) is 13.8. The number of likely N-dealkylation sites (N-methyl/N-ethyl adjacent to an activating group) is 1. The normalized spacial score (nSPS) is 29.2. The largest absolute Gasteiger partial charge is 0.390 e. The third-order valence-corrected chi connectivity index (χ3v) is 3.64. The van der Waals surface area contributed by atoms with Gasteiger partial charge in [0, 0.05) is 13.6 Å². The van der Waals surface area contributed by atoms with E-state index in [0.29, 0.717) is 13.0 Å². The number of hydrogen-bond donors (Lipinski definition) is 3. The lowest BCUT2D eigenvalue weighted by Crippen LogP contribution is -2.60. The van der Waals surface area contributed by atoms with E-state index in [1.165, 1.54) is 12.8 Å². The molecular weight excluding hydrogens is 232 g/mol. The fourth-order valence-corrected chi connectivity index (χ4v) is 2.50. The molecule has 0 bridgehead atoms. The van der Waals surface area contributed by atoms with E-state index in [9.17, 15) is 15.0 Å². The van der Waals surface area contributed by atoms with Crippen LogP contribution in [0.2, 0.25) is 0 Å². The number of aliphatic hydroxyl groups is 2. The smallest absolute Gasteiger partial charge is 0.239 e. The van der Waals surface area contributed by atoms with Gasteiger partial charge in [-0.3, -0.25) is 9.69 Å². The van der Waals surface area contributed by atoms with Crippen molar-refractivity contribution in [2.75, 3.05) is 20.1 Å². The number of carbonyl (C=O) groups excluding carboxylic acids is 1. The summed E-state index contributed by atoms with van der Waals surface area (Å²) in [5, 5.41) is 22.2. The van der Waals surface area contributed by atoms with Crippen molar-refractivity contribution in [3.8, 4) is 0 Å². The Labute approximate surface area is 109 Å². The molecule has 1 fully saturated rings. The molecule has 1 amide bonds. The highest BCUT2D eigenvalue weighted by Gasteiger charge is 2.39. The highest BCUT2D eigenvalue weighted by molar-refractivity contribution is 5.82. The van der Waals surface area contributed by atoms with Crippen LogP contribution in [0.1, 0.15) is 39.0 Å². The van der Waals surface area contributed by atoms with Gasteiger partial charge in [-0.25, -0.2) is 0 Å². The minimum atomic E-state index is -0.982. The van der Waals surface area contributed by atoms with Crippen LogP contribution in [0.15, 0.2) is 0 Å². The number of carbonyl (C=O) groups is 1. The predicted octanol–water partition coefficient (Wildman–Crippen LogP) is 0.109. The van der Waals surface area contributed by atoms with Crippen LogP contribution in [-0.2, 0) is 4.79 Å². The fraction of sp³-hybridized carbons (Fsp3) is 0.923. The summed E-state index contributed by atoms with van der Waals surface area (Å²) in [7, 11) is 1.56. The monoisotopic (exact) mass is 258 g/mol. The Balaban J connectivity index is 2.54. The minimum absolute atomic E-state index is 0.211. The molecule has 1 aliphatic rings. The number of hydrogen-bond acceptors (Lipinski definition) is 4. The van der Waals surface area contributed by atoms with E-state index in [1.807, 2.05) is 4.90 Å². The molecule has 0 spiro atoms. The highest BCUT2D eigenvalue weighted by Crippen LogP contribution is 2.19. The van der Waals surface area contributed by atoms with Gasteiger partial charge in [0.25, 0.3) is 0 Å². The number of amides is 1. The van der Waals surface area contributed by atoms with Crippen molar-refractivity contribution in [3.63, 3.8) is 0 Å². The van der Waals surface area contributed by atoms with Crippen molar-refractivity contribution in [1.82, 2.24) is 10.2 Å².